The predicted octanol–water partition coefficient (Wildman–Crippen LogP) is 17.9. The molecule has 0 aromatic rings. The van der Waals surface area contributed by atoms with Crippen molar-refractivity contribution in [1.82, 2.24) is 4.90 Å². The van der Waals surface area contributed by atoms with E-state index >= 15 is 0 Å². The molecule has 1 rings (SSSR count). The Hall–Kier alpha value is -3.05. The topological polar surface area (TPSA) is 135 Å². The van der Waals surface area contributed by atoms with Gasteiger partial charge in [0.15, 0.2) is 0 Å². The van der Waals surface area contributed by atoms with Gasteiger partial charge in [-0.2, -0.15) is 0 Å². The van der Waals surface area contributed by atoms with E-state index < -0.39 is 0 Å². The number of allylic oxidation sites excluding steroid dienone is 1. The Bertz CT molecular complexity index is 1270. The molecule has 1 saturated heterocycles. The van der Waals surface area contributed by atoms with E-state index in [2.05, 4.69) is 73.6 Å². The predicted molar refractivity (Wildman–Crippen MR) is 325 cm³/mol. The zero-order valence-electron chi connectivity index (χ0n) is 52.6. The molecular weight excluding hydrogens is 967 g/mol. The SMILES string of the molecule is C=CCC(CC)CC(=O)OCCCCCCCC.C=COCCC(C)C.CC(=O)CC1CN(C)C1.CCCCCCCCCC(=O)CC(CC(=O)OCCC)CC(=O)OCCCCCCCC.CCCCCCCCOC. The van der Waals surface area contributed by atoms with Crippen LogP contribution in [-0.2, 0) is 47.7 Å². The van der Waals surface area contributed by atoms with Crippen molar-refractivity contribution in [3.8, 4) is 0 Å². The lowest BCUT2D eigenvalue weighted by molar-refractivity contribution is -0.148. The van der Waals surface area contributed by atoms with Crippen molar-refractivity contribution in [3.05, 3.63) is 25.5 Å². The minimum absolute atomic E-state index is 0.0442. The van der Waals surface area contributed by atoms with Crippen LogP contribution < -0.4 is 0 Å². The number of Topliss-reactive ketones (excluding diaryl/α,β-unsaturated/α-hetero) is 2. The van der Waals surface area contributed by atoms with E-state index in [0.717, 1.165) is 96.4 Å². The number of unbranched alkanes of at least 4 members (excludes halogenated alkanes) is 21. The maximum absolute atomic E-state index is 12.4. The lowest BCUT2D eigenvalue weighted by Crippen LogP contribution is -2.44. The zero-order valence-corrected chi connectivity index (χ0v) is 52.6. The molecule has 77 heavy (non-hydrogen) atoms. The van der Waals surface area contributed by atoms with Crippen molar-refractivity contribution in [3.63, 3.8) is 0 Å². The summed E-state index contributed by atoms with van der Waals surface area (Å²) >= 11 is 0. The number of carbonyl (C=O) groups excluding carboxylic acids is 5. The molecule has 0 aliphatic carbocycles. The second kappa shape index (κ2) is 65.5. The lowest BCUT2D eigenvalue weighted by Gasteiger charge is -2.35. The largest absolute Gasteiger partial charge is 0.502 e. The van der Waals surface area contributed by atoms with Crippen molar-refractivity contribution >= 4 is 29.5 Å². The molecule has 0 aromatic carbocycles. The summed E-state index contributed by atoms with van der Waals surface area (Å²) in [6.07, 6.45) is 39.9. The summed E-state index contributed by atoms with van der Waals surface area (Å²) in [5, 5.41) is 0. The lowest BCUT2D eigenvalue weighted by atomic mass is 9.93. The Labute approximate surface area is 476 Å². The molecule has 1 aliphatic rings. The molecule has 11 nitrogen and oxygen atoms in total. The molecule has 2 atom stereocenters. The zero-order chi connectivity index (χ0) is 58.4. The first-order valence-electron chi connectivity index (χ1n) is 31.6. The Morgan fingerprint density at radius 1 is 0.519 bits per heavy atom. The monoisotopic (exact) mass is 1090 g/mol. The van der Waals surface area contributed by atoms with Gasteiger partial charge < -0.3 is 33.4 Å². The van der Waals surface area contributed by atoms with Crippen LogP contribution in [-0.4, -0.2) is 94.7 Å². The molecule has 0 saturated carbocycles. The van der Waals surface area contributed by atoms with E-state index in [0.29, 0.717) is 50.3 Å². The van der Waals surface area contributed by atoms with Crippen molar-refractivity contribution in [1.29, 1.82) is 0 Å². The first-order chi connectivity index (χ1) is 37.1. The normalized spacial score (nSPS) is 12.6. The number of nitrogens with zero attached hydrogens (tertiary/aromatic N) is 1. The third-order valence-corrected chi connectivity index (χ3v) is 13.4. The van der Waals surface area contributed by atoms with Gasteiger partial charge in [-0.3, -0.25) is 19.2 Å². The van der Waals surface area contributed by atoms with Crippen LogP contribution in [0.2, 0.25) is 0 Å². The summed E-state index contributed by atoms with van der Waals surface area (Å²) in [4.78, 5) is 61.1. The Morgan fingerprint density at radius 2 is 0.922 bits per heavy atom. The number of methoxy groups -OCH3 is 1. The molecule has 0 amide bonds. The molecular formula is C66H127NO10. The standard InChI is InChI=1S/C27H50O5.C16H30O2.C9H20O.C7H13NO.C7H14O/c1-4-7-9-11-13-14-16-18-25(28)21-24(22-26(29)31-19-6-3)23-27(30)32-20-17-15-12-10-8-5-2;1-4-7-8-9-10-11-13-18-16(17)14-15(6-3)12-5-2;1-3-4-5-6-7-8-9-10-2;1-6(9)3-7-4-8(2)5-7;1-4-8-6-5-7(2)3/h24H,4-23H2,1-3H3;5,15H,2,4,6-14H2,1,3H3;3-9H2,1-2H3;7H,3-5H2,1-2H3;4,7H,1,5-6H2,2-3H3. The summed E-state index contributed by atoms with van der Waals surface area (Å²) in [5.41, 5.74) is 0. The summed E-state index contributed by atoms with van der Waals surface area (Å²) in [6.45, 7) is 31.4. The summed E-state index contributed by atoms with van der Waals surface area (Å²) in [5.74, 6) is 1.25. The van der Waals surface area contributed by atoms with Crippen LogP contribution in [0.4, 0.5) is 0 Å². The van der Waals surface area contributed by atoms with Crippen LogP contribution in [0.15, 0.2) is 25.5 Å². The molecule has 11 heteroatoms. The maximum atomic E-state index is 12.4. The van der Waals surface area contributed by atoms with Crippen molar-refractivity contribution in [2.24, 2.45) is 23.7 Å². The molecule has 0 bridgehead atoms. The van der Waals surface area contributed by atoms with Crippen LogP contribution in [0.1, 0.15) is 287 Å². The third-order valence-electron chi connectivity index (χ3n) is 13.4. The van der Waals surface area contributed by atoms with Crippen LogP contribution in [0.25, 0.3) is 0 Å². The average Bonchev–Trinajstić information content (AvgIpc) is 3.38. The van der Waals surface area contributed by atoms with Gasteiger partial charge in [-0.25, -0.2) is 0 Å². The third kappa shape index (κ3) is 69.0. The average molecular weight is 1090 g/mol. The molecule has 456 valence electrons. The fourth-order valence-corrected chi connectivity index (χ4v) is 8.56. The summed E-state index contributed by atoms with van der Waals surface area (Å²) in [7, 11) is 3.85. The molecule has 0 spiro atoms. The van der Waals surface area contributed by atoms with Gasteiger partial charge in [0, 0.05) is 65.3 Å². The van der Waals surface area contributed by atoms with Gasteiger partial charge in [0.1, 0.15) is 11.6 Å². The number of rotatable bonds is 48. The first-order valence-corrected chi connectivity index (χ1v) is 31.6. The molecule has 0 N–H and O–H groups in total. The summed E-state index contributed by atoms with van der Waals surface area (Å²) in [6, 6.07) is 0. The van der Waals surface area contributed by atoms with Gasteiger partial charge in [0.05, 0.1) is 32.7 Å². The van der Waals surface area contributed by atoms with Gasteiger partial charge in [0.2, 0.25) is 0 Å². The minimum atomic E-state index is -0.329. The Morgan fingerprint density at radius 3 is 1.29 bits per heavy atom. The highest BCUT2D eigenvalue weighted by Crippen LogP contribution is 2.20. The van der Waals surface area contributed by atoms with E-state index in [1.807, 2.05) is 13.0 Å². The second-order valence-electron chi connectivity index (χ2n) is 22.1. The number of likely N-dealkylation sites (tertiary alicyclic amines) is 1. The van der Waals surface area contributed by atoms with Gasteiger partial charge in [-0.1, -0.05) is 209 Å². The highest BCUT2D eigenvalue weighted by molar-refractivity contribution is 5.81. The van der Waals surface area contributed by atoms with Crippen LogP contribution >= 0.6 is 0 Å². The molecule has 1 fully saturated rings. The van der Waals surface area contributed by atoms with E-state index in [1.54, 1.807) is 14.0 Å². The van der Waals surface area contributed by atoms with E-state index in [-0.39, 0.29) is 48.9 Å². The maximum Gasteiger partial charge on any atom is 0.306 e. The first kappa shape index (κ1) is 80.4. The molecule has 0 radical (unpaired) electrons. The highest BCUT2D eigenvalue weighted by atomic mass is 16.5. The van der Waals surface area contributed by atoms with Crippen molar-refractivity contribution in [2.45, 2.75) is 287 Å². The minimum Gasteiger partial charge on any atom is -0.502 e. The number of carbonyl (C=O) groups is 5. The number of hydrogen-bond acceptors (Lipinski definition) is 11. The molecule has 1 aliphatic heterocycles. The number of hydrogen-bond donors (Lipinski definition) is 0. The van der Waals surface area contributed by atoms with Crippen LogP contribution in [0, 0.1) is 23.7 Å². The van der Waals surface area contributed by atoms with Crippen molar-refractivity contribution < 1.29 is 47.7 Å². The summed E-state index contributed by atoms with van der Waals surface area (Å²) < 4.78 is 25.6. The van der Waals surface area contributed by atoms with Crippen LogP contribution in [0.5, 0.6) is 0 Å². The molecule has 2 unspecified atom stereocenters. The van der Waals surface area contributed by atoms with E-state index in [1.165, 1.54) is 135 Å². The fourth-order valence-electron chi connectivity index (χ4n) is 8.56. The van der Waals surface area contributed by atoms with Gasteiger partial charge in [-0.15, -0.1) is 6.58 Å². The van der Waals surface area contributed by atoms with E-state index in [4.69, 9.17) is 23.7 Å². The fraction of sp³-hybridized carbons (Fsp3) is 0.864. The Kier molecular flexibility index (Phi) is 68.4. The highest BCUT2D eigenvalue weighted by Gasteiger charge is 2.24. The number of ketones is 2. The smallest absolute Gasteiger partial charge is 0.306 e. The Balaban J connectivity index is -0.000000491. The number of ether oxygens (including phenoxy) is 5. The van der Waals surface area contributed by atoms with Gasteiger partial charge in [-0.05, 0) is 82.6 Å². The van der Waals surface area contributed by atoms with Crippen molar-refractivity contribution in [2.75, 3.05) is 60.3 Å². The number of esters is 3. The molecule has 1 heterocycles. The second-order valence-corrected chi connectivity index (χ2v) is 22.1. The quantitative estimate of drug-likeness (QED) is 0.0189. The van der Waals surface area contributed by atoms with E-state index in [9.17, 15) is 24.0 Å². The van der Waals surface area contributed by atoms with Gasteiger partial charge >= 0.3 is 17.9 Å². The van der Waals surface area contributed by atoms with Crippen LogP contribution in [0.3, 0.4) is 0 Å². The van der Waals surface area contributed by atoms with Gasteiger partial charge in [0.25, 0.3) is 0 Å². The molecule has 0 aromatic heterocycles.